The Hall–Kier alpha value is -3.61. The van der Waals surface area contributed by atoms with E-state index in [1.807, 2.05) is 25.1 Å². The van der Waals surface area contributed by atoms with Gasteiger partial charge in [0.1, 0.15) is 5.75 Å². The summed E-state index contributed by atoms with van der Waals surface area (Å²) in [5.74, 6) is 0.0262. The number of anilines is 2. The number of para-hydroxylation sites is 1. The number of aryl methyl sites for hydroxylation is 1. The molecule has 7 heteroatoms. The van der Waals surface area contributed by atoms with Crippen molar-refractivity contribution in [1.82, 2.24) is 10.2 Å². The topological polar surface area (TPSA) is 96.1 Å². The Morgan fingerprint density at radius 2 is 2.04 bits per heavy atom. The molecule has 1 aliphatic heterocycles. The maximum absolute atomic E-state index is 12.6. The average molecular weight is 376 g/mol. The van der Waals surface area contributed by atoms with Crippen LogP contribution in [0.25, 0.3) is 0 Å². The number of fused-ring (bicyclic) bond motifs is 1. The van der Waals surface area contributed by atoms with Crippen molar-refractivity contribution in [3.05, 3.63) is 71.0 Å². The zero-order valence-electron chi connectivity index (χ0n) is 15.6. The maximum Gasteiger partial charge on any atom is 0.259 e. The van der Waals surface area contributed by atoms with Crippen LogP contribution < -0.4 is 15.4 Å². The van der Waals surface area contributed by atoms with Gasteiger partial charge in [-0.05, 0) is 42.8 Å². The normalized spacial score (nSPS) is 15.5. The number of methoxy groups -OCH3 is 1. The molecule has 0 saturated heterocycles. The molecule has 3 N–H and O–H groups in total. The van der Waals surface area contributed by atoms with E-state index >= 15 is 0 Å². The number of hydrogen-bond donors (Lipinski definition) is 3. The molecule has 0 bridgehead atoms. The smallest absolute Gasteiger partial charge is 0.259 e. The van der Waals surface area contributed by atoms with Gasteiger partial charge in [0.2, 0.25) is 5.91 Å². The number of carbonyl (C=O) groups is 2. The lowest BCUT2D eigenvalue weighted by molar-refractivity contribution is -0.116. The molecule has 1 aliphatic rings. The predicted octanol–water partition coefficient (Wildman–Crippen LogP) is 3.45. The molecule has 7 nitrogen and oxygen atoms in total. The zero-order valence-corrected chi connectivity index (χ0v) is 15.6. The Morgan fingerprint density at radius 3 is 2.79 bits per heavy atom. The van der Waals surface area contributed by atoms with E-state index in [0.29, 0.717) is 29.1 Å². The van der Waals surface area contributed by atoms with Crippen molar-refractivity contribution in [1.29, 1.82) is 0 Å². The minimum atomic E-state index is -0.279. The molecule has 0 spiro atoms. The Morgan fingerprint density at radius 1 is 1.21 bits per heavy atom. The summed E-state index contributed by atoms with van der Waals surface area (Å²) in [6.45, 7) is 1.93. The Bertz CT molecular complexity index is 1060. The highest BCUT2D eigenvalue weighted by Gasteiger charge is 2.28. The van der Waals surface area contributed by atoms with Gasteiger partial charge < -0.3 is 15.4 Å². The number of rotatable bonds is 4. The lowest BCUT2D eigenvalue weighted by Gasteiger charge is -2.25. The molecule has 1 atom stereocenters. The van der Waals surface area contributed by atoms with Crippen LogP contribution in [0.1, 0.15) is 39.6 Å². The third-order valence-corrected chi connectivity index (χ3v) is 4.78. The quantitative estimate of drug-likeness (QED) is 0.650. The summed E-state index contributed by atoms with van der Waals surface area (Å²) in [4.78, 5) is 24.8. The number of nitrogens with one attached hydrogen (secondary N) is 3. The summed E-state index contributed by atoms with van der Waals surface area (Å²) in [6.07, 6.45) is 0.338. The fourth-order valence-corrected chi connectivity index (χ4v) is 3.45. The predicted molar refractivity (Wildman–Crippen MR) is 106 cm³/mol. The summed E-state index contributed by atoms with van der Waals surface area (Å²) < 4.78 is 5.25. The Labute approximate surface area is 162 Å². The van der Waals surface area contributed by atoms with Crippen LogP contribution in [0.2, 0.25) is 0 Å². The zero-order chi connectivity index (χ0) is 19.7. The van der Waals surface area contributed by atoms with E-state index in [4.69, 9.17) is 4.74 Å². The fourth-order valence-electron chi connectivity index (χ4n) is 3.45. The van der Waals surface area contributed by atoms with Gasteiger partial charge in [0.25, 0.3) is 5.91 Å². The van der Waals surface area contributed by atoms with E-state index < -0.39 is 0 Å². The molecule has 0 radical (unpaired) electrons. The largest absolute Gasteiger partial charge is 0.496 e. The second kappa shape index (κ2) is 7.19. The first-order valence-corrected chi connectivity index (χ1v) is 8.95. The second-order valence-electron chi connectivity index (χ2n) is 6.74. The van der Waals surface area contributed by atoms with Crippen molar-refractivity contribution in [2.24, 2.45) is 0 Å². The lowest BCUT2D eigenvalue weighted by atomic mass is 9.87. The van der Waals surface area contributed by atoms with Gasteiger partial charge >= 0.3 is 0 Å². The van der Waals surface area contributed by atoms with Crippen LogP contribution in [-0.2, 0) is 4.79 Å². The number of nitrogens with zero attached hydrogens (tertiary/aromatic N) is 1. The van der Waals surface area contributed by atoms with E-state index in [1.54, 1.807) is 30.3 Å². The molecular formula is C21H20N4O3. The molecule has 2 heterocycles. The lowest BCUT2D eigenvalue weighted by Crippen LogP contribution is -2.24. The standard InChI is InChI=1S/C21H20N4O3/c1-12-9-18(25-24-12)16-11-20(26)23-17-10-13(7-8-14(16)17)22-21(27)15-5-3-4-6-19(15)28-2/h3-10,16H,11H2,1-2H3,(H,22,27)(H,23,26)(H,24,25). The third-order valence-electron chi connectivity index (χ3n) is 4.78. The molecule has 28 heavy (non-hydrogen) atoms. The molecule has 0 saturated carbocycles. The van der Waals surface area contributed by atoms with E-state index in [1.165, 1.54) is 7.11 Å². The van der Waals surface area contributed by atoms with Crippen LogP contribution in [0.5, 0.6) is 5.75 Å². The Kier molecular flexibility index (Phi) is 4.57. The molecule has 1 aromatic heterocycles. The maximum atomic E-state index is 12.6. The highest BCUT2D eigenvalue weighted by Crippen LogP contribution is 2.38. The molecular weight excluding hydrogens is 356 g/mol. The molecule has 0 fully saturated rings. The van der Waals surface area contributed by atoms with Gasteiger partial charge in [-0.3, -0.25) is 14.7 Å². The Balaban J connectivity index is 1.62. The van der Waals surface area contributed by atoms with Crippen LogP contribution in [0.4, 0.5) is 11.4 Å². The van der Waals surface area contributed by atoms with Crippen LogP contribution >= 0.6 is 0 Å². The van der Waals surface area contributed by atoms with Crippen molar-refractivity contribution in [2.75, 3.05) is 17.7 Å². The summed E-state index contributed by atoms with van der Waals surface area (Å²) in [5, 5.41) is 13.0. The van der Waals surface area contributed by atoms with Gasteiger partial charge in [0.05, 0.1) is 18.4 Å². The van der Waals surface area contributed by atoms with Crippen molar-refractivity contribution in [2.45, 2.75) is 19.3 Å². The molecule has 2 amide bonds. The molecule has 2 aromatic carbocycles. The number of ether oxygens (including phenoxy) is 1. The van der Waals surface area contributed by atoms with Gasteiger partial charge in [-0.1, -0.05) is 18.2 Å². The van der Waals surface area contributed by atoms with Gasteiger partial charge in [-0.2, -0.15) is 5.10 Å². The van der Waals surface area contributed by atoms with Gasteiger partial charge in [0.15, 0.2) is 0 Å². The van der Waals surface area contributed by atoms with Crippen LogP contribution in [0, 0.1) is 6.92 Å². The number of benzene rings is 2. The van der Waals surface area contributed by atoms with Gasteiger partial charge in [0, 0.05) is 29.4 Å². The number of amides is 2. The highest BCUT2D eigenvalue weighted by molar-refractivity contribution is 6.06. The average Bonchev–Trinajstić information content (AvgIpc) is 3.13. The van der Waals surface area contributed by atoms with Crippen molar-refractivity contribution in [3.63, 3.8) is 0 Å². The van der Waals surface area contributed by atoms with Crippen molar-refractivity contribution >= 4 is 23.2 Å². The number of aromatic amines is 1. The first kappa shape index (κ1) is 17.8. The number of aromatic nitrogens is 2. The minimum absolute atomic E-state index is 0.0774. The summed E-state index contributed by atoms with van der Waals surface area (Å²) >= 11 is 0. The van der Waals surface area contributed by atoms with Crippen molar-refractivity contribution in [3.8, 4) is 5.75 Å². The highest BCUT2D eigenvalue weighted by atomic mass is 16.5. The third kappa shape index (κ3) is 3.34. The van der Waals surface area contributed by atoms with Crippen LogP contribution in [0.3, 0.4) is 0 Å². The van der Waals surface area contributed by atoms with E-state index in [0.717, 1.165) is 17.0 Å². The second-order valence-corrected chi connectivity index (χ2v) is 6.74. The van der Waals surface area contributed by atoms with Crippen LogP contribution in [0.15, 0.2) is 48.5 Å². The number of carbonyl (C=O) groups excluding carboxylic acids is 2. The first-order chi connectivity index (χ1) is 13.5. The van der Waals surface area contributed by atoms with Crippen molar-refractivity contribution < 1.29 is 14.3 Å². The SMILES string of the molecule is COc1ccccc1C(=O)Nc1ccc2c(c1)NC(=O)CC2c1cc(C)[nH]n1. The summed E-state index contributed by atoms with van der Waals surface area (Å²) in [6, 6.07) is 14.5. The molecule has 4 rings (SSSR count). The van der Waals surface area contributed by atoms with E-state index in [-0.39, 0.29) is 17.7 Å². The minimum Gasteiger partial charge on any atom is -0.496 e. The first-order valence-electron chi connectivity index (χ1n) is 8.95. The van der Waals surface area contributed by atoms with Gasteiger partial charge in [-0.25, -0.2) is 0 Å². The number of hydrogen-bond acceptors (Lipinski definition) is 4. The summed E-state index contributed by atoms with van der Waals surface area (Å²) in [5.41, 5.74) is 4.47. The molecule has 142 valence electrons. The molecule has 3 aromatic rings. The fraction of sp³-hybridized carbons (Fsp3) is 0.190. The molecule has 0 aliphatic carbocycles. The van der Waals surface area contributed by atoms with Gasteiger partial charge in [-0.15, -0.1) is 0 Å². The van der Waals surface area contributed by atoms with E-state index in [2.05, 4.69) is 20.8 Å². The van der Waals surface area contributed by atoms with Crippen LogP contribution in [-0.4, -0.2) is 29.1 Å². The summed E-state index contributed by atoms with van der Waals surface area (Å²) in [7, 11) is 1.53. The number of H-pyrrole nitrogens is 1. The molecule has 1 unspecified atom stereocenters. The monoisotopic (exact) mass is 376 g/mol. The van der Waals surface area contributed by atoms with E-state index in [9.17, 15) is 9.59 Å².